The maximum Gasteiger partial charge on any atom is 0.272 e. The van der Waals surface area contributed by atoms with Gasteiger partial charge in [0.15, 0.2) is 0 Å². The van der Waals surface area contributed by atoms with Crippen molar-refractivity contribution < 1.29 is 4.79 Å². The number of benzene rings is 1. The minimum atomic E-state index is 0.00341. The van der Waals surface area contributed by atoms with Crippen molar-refractivity contribution in [3.05, 3.63) is 59.4 Å². The van der Waals surface area contributed by atoms with E-state index in [1.807, 2.05) is 65.2 Å². The normalized spacial score (nSPS) is 15.2. The van der Waals surface area contributed by atoms with Crippen LogP contribution in [0.25, 0.3) is 17.1 Å². The number of hydrogen-bond donors (Lipinski definition) is 0. The Balaban J connectivity index is 1.73. The van der Waals surface area contributed by atoms with Crippen molar-refractivity contribution in [2.75, 3.05) is 32.7 Å². The molecule has 3 heterocycles. The van der Waals surface area contributed by atoms with Crippen LogP contribution < -0.4 is 0 Å². The van der Waals surface area contributed by atoms with Gasteiger partial charge in [-0.3, -0.25) is 4.79 Å². The number of aromatic nitrogens is 3. The molecule has 1 saturated heterocycles. The molecule has 0 bridgehead atoms. The van der Waals surface area contributed by atoms with E-state index in [9.17, 15) is 4.79 Å². The molecule has 3 aromatic rings. The predicted molar refractivity (Wildman–Crippen MR) is 111 cm³/mol. The minimum absolute atomic E-state index is 0.00341. The lowest BCUT2D eigenvalue weighted by molar-refractivity contribution is 0.0634. The second kappa shape index (κ2) is 7.81. The Morgan fingerprint density at radius 1 is 1.11 bits per heavy atom. The van der Waals surface area contributed by atoms with Gasteiger partial charge in [-0.1, -0.05) is 24.6 Å². The van der Waals surface area contributed by atoms with Crippen LogP contribution in [0.1, 0.15) is 17.4 Å². The molecule has 146 valence electrons. The van der Waals surface area contributed by atoms with Gasteiger partial charge in [0, 0.05) is 44.4 Å². The summed E-state index contributed by atoms with van der Waals surface area (Å²) in [5, 5.41) is 5.37. The molecule has 2 aromatic heterocycles. The maximum atomic E-state index is 13.3. The number of amides is 1. The van der Waals surface area contributed by atoms with Gasteiger partial charge in [-0.25, -0.2) is 4.68 Å². The lowest BCUT2D eigenvalue weighted by Crippen LogP contribution is -2.48. The van der Waals surface area contributed by atoms with Gasteiger partial charge in [0.05, 0.1) is 11.4 Å². The fourth-order valence-corrected chi connectivity index (χ4v) is 3.80. The van der Waals surface area contributed by atoms with Crippen molar-refractivity contribution in [2.24, 2.45) is 7.05 Å². The van der Waals surface area contributed by atoms with Crippen LogP contribution in [0.5, 0.6) is 0 Å². The summed E-state index contributed by atoms with van der Waals surface area (Å²) in [7, 11) is 1.97. The predicted octanol–water partition coefficient (Wildman–Crippen LogP) is 3.31. The zero-order chi connectivity index (χ0) is 19.7. The molecular formula is C21H24ClN5O. The van der Waals surface area contributed by atoms with Gasteiger partial charge >= 0.3 is 0 Å². The molecule has 6 nitrogen and oxygen atoms in total. The summed E-state index contributed by atoms with van der Waals surface area (Å²) >= 11 is 6.19. The summed E-state index contributed by atoms with van der Waals surface area (Å²) < 4.78 is 3.71. The third-order valence-corrected chi connectivity index (χ3v) is 5.53. The zero-order valence-corrected chi connectivity index (χ0v) is 16.9. The van der Waals surface area contributed by atoms with Crippen LogP contribution in [-0.4, -0.2) is 62.8 Å². The molecule has 1 aliphatic rings. The van der Waals surface area contributed by atoms with E-state index in [4.69, 9.17) is 16.7 Å². The Hall–Kier alpha value is -2.57. The van der Waals surface area contributed by atoms with Gasteiger partial charge in [0.1, 0.15) is 11.4 Å². The van der Waals surface area contributed by atoms with Gasteiger partial charge in [-0.05, 0) is 42.9 Å². The first-order chi connectivity index (χ1) is 13.6. The van der Waals surface area contributed by atoms with E-state index < -0.39 is 0 Å². The Morgan fingerprint density at radius 2 is 1.89 bits per heavy atom. The topological polar surface area (TPSA) is 46.3 Å². The summed E-state index contributed by atoms with van der Waals surface area (Å²) in [4.78, 5) is 17.6. The second-order valence-corrected chi connectivity index (χ2v) is 7.47. The number of nitrogens with zero attached hydrogens (tertiary/aromatic N) is 5. The average molecular weight is 398 g/mol. The number of rotatable bonds is 4. The van der Waals surface area contributed by atoms with E-state index in [0.717, 1.165) is 49.8 Å². The molecule has 1 fully saturated rings. The van der Waals surface area contributed by atoms with Crippen molar-refractivity contribution in [1.82, 2.24) is 24.1 Å². The molecule has 1 aromatic carbocycles. The Bertz CT molecular complexity index is 984. The average Bonchev–Trinajstić information content (AvgIpc) is 3.33. The first-order valence-corrected chi connectivity index (χ1v) is 9.94. The summed E-state index contributed by atoms with van der Waals surface area (Å²) in [6, 6.07) is 13.3. The Morgan fingerprint density at radius 3 is 2.54 bits per heavy atom. The first kappa shape index (κ1) is 18.8. The highest BCUT2D eigenvalue weighted by atomic mass is 35.5. The summed E-state index contributed by atoms with van der Waals surface area (Å²) in [5.41, 5.74) is 3.07. The van der Waals surface area contributed by atoms with Crippen LogP contribution in [0.15, 0.2) is 48.7 Å². The molecule has 0 radical (unpaired) electrons. The number of aryl methyl sites for hydroxylation is 1. The highest BCUT2D eigenvalue weighted by Gasteiger charge is 2.26. The molecule has 1 aliphatic heterocycles. The third-order valence-electron chi connectivity index (χ3n) is 5.29. The lowest BCUT2D eigenvalue weighted by atomic mass is 10.2. The van der Waals surface area contributed by atoms with Crippen molar-refractivity contribution in [2.45, 2.75) is 6.92 Å². The number of carbonyl (C=O) groups is 1. The first-order valence-electron chi connectivity index (χ1n) is 9.56. The quantitative estimate of drug-likeness (QED) is 0.678. The van der Waals surface area contributed by atoms with Crippen LogP contribution in [0, 0.1) is 0 Å². The standard InChI is InChI=1S/C21H24ClN5O/c1-3-25-10-12-26(13-11-25)21(28)20-15-18(19-8-5-9-24(19)2)23-27(20)17-7-4-6-16(22)14-17/h4-9,14-15H,3,10-13H2,1-2H3. The highest BCUT2D eigenvalue weighted by Crippen LogP contribution is 2.24. The number of carbonyl (C=O) groups excluding carboxylic acids is 1. The lowest BCUT2D eigenvalue weighted by Gasteiger charge is -2.34. The van der Waals surface area contributed by atoms with E-state index >= 15 is 0 Å². The number of piperazine rings is 1. The molecule has 0 spiro atoms. The van der Waals surface area contributed by atoms with E-state index in [0.29, 0.717) is 10.7 Å². The van der Waals surface area contributed by atoms with Gasteiger partial charge in [0.25, 0.3) is 5.91 Å². The van der Waals surface area contributed by atoms with Crippen LogP contribution >= 0.6 is 11.6 Å². The number of likely N-dealkylation sites (N-methyl/N-ethyl adjacent to an activating group) is 1. The van der Waals surface area contributed by atoms with Crippen molar-refractivity contribution in [3.8, 4) is 17.1 Å². The van der Waals surface area contributed by atoms with Crippen LogP contribution in [0.4, 0.5) is 0 Å². The van der Waals surface area contributed by atoms with Crippen molar-refractivity contribution >= 4 is 17.5 Å². The monoisotopic (exact) mass is 397 g/mol. The van der Waals surface area contributed by atoms with Crippen LogP contribution in [-0.2, 0) is 7.05 Å². The molecule has 1 amide bonds. The smallest absolute Gasteiger partial charge is 0.272 e. The maximum absolute atomic E-state index is 13.3. The third kappa shape index (κ3) is 3.57. The molecule has 0 N–H and O–H groups in total. The van der Waals surface area contributed by atoms with Gasteiger partial charge in [-0.15, -0.1) is 0 Å². The highest BCUT2D eigenvalue weighted by molar-refractivity contribution is 6.30. The molecular weight excluding hydrogens is 374 g/mol. The minimum Gasteiger partial charge on any atom is -0.349 e. The molecule has 4 rings (SSSR count). The van der Waals surface area contributed by atoms with E-state index in [-0.39, 0.29) is 5.91 Å². The zero-order valence-electron chi connectivity index (χ0n) is 16.2. The largest absolute Gasteiger partial charge is 0.349 e. The fraction of sp³-hybridized carbons (Fsp3) is 0.333. The van der Waals surface area contributed by atoms with Crippen LogP contribution in [0.2, 0.25) is 5.02 Å². The van der Waals surface area contributed by atoms with Crippen molar-refractivity contribution in [1.29, 1.82) is 0 Å². The van der Waals surface area contributed by atoms with E-state index in [2.05, 4.69) is 11.8 Å². The van der Waals surface area contributed by atoms with Crippen LogP contribution in [0.3, 0.4) is 0 Å². The Kier molecular flexibility index (Phi) is 5.24. The molecule has 28 heavy (non-hydrogen) atoms. The molecule has 0 unspecified atom stereocenters. The molecule has 0 saturated carbocycles. The summed E-state index contributed by atoms with van der Waals surface area (Å²) in [5.74, 6) is 0.00341. The molecule has 0 aliphatic carbocycles. The molecule has 0 atom stereocenters. The summed E-state index contributed by atoms with van der Waals surface area (Å²) in [6.07, 6.45) is 1.97. The number of hydrogen-bond acceptors (Lipinski definition) is 3. The van der Waals surface area contributed by atoms with E-state index in [1.54, 1.807) is 4.68 Å². The van der Waals surface area contributed by atoms with Gasteiger partial charge in [-0.2, -0.15) is 5.10 Å². The van der Waals surface area contributed by atoms with Gasteiger partial charge < -0.3 is 14.4 Å². The van der Waals surface area contributed by atoms with Crippen molar-refractivity contribution in [3.63, 3.8) is 0 Å². The SMILES string of the molecule is CCN1CCN(C(=O)c2cc(-c3cccn3C)nn2-c2cccc(Cl)c2)CC1. The molecule has 7 heteroatoms. The summed E-state index contributed by atoms with van der Waals surface area (Å²) in [6.45, 7) is 6.42. The number of halogens is 1. The Labute approximate surface area is 169 Å². The van der Waals surface area contributed by atoms with E-state index in [1.165, 1.54) is 0 Å². The van der Waals surface area contributed by atoms with Gasteiger partial charge in [0.2, 0.25) is 0 Å². The fourth-order valence-electron chi connectivity index (χ4n) is 3.62. The second-order valence-electron chi connectivity index (χ2n) is 7.04.